The number of aliphatic hydroxyl groups excluding tert-OH is 1. The molecule has 264 valence electrons. The van der Waals surface area contributed by atoms with Crippen LogP contribution in [0.15, 0.2) is 97.1 Å². The smallest absolute Gasteiger partial charge is 0.390 e. The molecule has 3 N–H and O–H groups in total. The summed E-state index contributed by atoms with van der Waals surface area (Å²) in [5.74, 6) is -1.58. The Hall–Kier alpha value is -4.79. The summed E-state index contributed by atoms with van der Waals surface area (Å²) in [6.07, 6.45) is -3.78. The molecule has 5 rings (SSSR count). The van der Waals surface area contributed by atoms with E-state index in [1.54, 1.807) is 12.1 Å². The molecule has 0 unspecified atom stereocenters. The molecule has 1 fully saturated rings. The maximum absolute atomic E-state index is 14.3. The van der Waals surface area contributed by atoms with Crippen molar-refractivity contribution in [3.8, 4) is 0 Å². The summed E-state index contributed by atoms with van der Waals surface area (Å²) in [5.41, 5.74) is 0.547. The van der Waals surface area contributed by atoms with Crippen LogP contribution in [-0.4, -0.2) is 56.8 Å². The fourth-order valence-corrected chi connectivity index (χ4v) is 6.81. The molecule has 2 amide bonds. The van der Waals surface area contributed by atoms with Gasteiger partial charge in [-0.15, -0.1) is 0 Å². The molecule has 0 spiro atoms. The molecule has 0 aromatic heterocycles. The number of hydrogen-bond acceptors (Lipinski definition) is 6. The molecular formula is C36H36F4N4O5S. The van der Waals surface area contributed by atoms with Crippen molar-refractivity contribution in [3.63, 3.8) is 0 Å². The lowest BCUT2D eigenvalue weighted by molar-refractivity contribution is -0.137. The second-order valence-electron chi connectivity index (χ2n) is 12.1. The van der Waals surface area contributed by atoms with E-state index >= 15 is 0 Å². The Labute approximate surface area is 287 Å². The molecule has 0 radical (unpaired) electrons. The third-order valence-electron chi connectivity index (χ3n) is 8.17. The van der Waals surface area contributed by atoms with Crippen molar-refractivity contribution in [1.29, 1.82) is 0 Å². The van der Waals surface area contributed by atoms with Crippen molar-refractivity contribution in [2.24, 2.45) is 0 Å². The second kappa shape index (κ2) is 15.4. The van der Waals surface area contributed by atoms with E-state index in [9.17, 15) is 40.7 Å². The zero-order chi connectivity index (χ0) is 36.1. The molecule has 0 bridgehead atoms. The van der Waals surface area contributed by atoms with Gasteiger partial charge >= 0.3 is 6.18 Å². The summed E-state index contributed by atoms with van der Waals surface area (Å²) >= 11 is 0. The predicted octanol–water partition coefficient (Wildman–Crippen LogP) is 5.56. The van der Waals surface area contributed by atoms with Crippen LogP contribution >= 0.6 is 0 Å². The summed E-state index contributed by atoms with van der Waals surface area (Å²) in [5, 5.41) is 17.1. The fraction of sp³-hybridized carbons (Fsp3) is 0.278. The summed E-state index contributed by atoms with van der Waals surface area (Å²) in [6, 6.07) is 22.1. The number of amides is 2. The quantitative estimate of drug-likeness (QED) is 0.156. The van der Waals surface area contributed by atoms with E-state index < -0.39 is 45.6 Å². The lowest BCUT2D eigenvalue weighted by atomic mass is 10.00. The first kappa shape index (κ1) is 36.5. The van der Waals surface area contributed by atoms with E-state index in [4.69, 9.17) is 0 Å². The molecule has 1 aliphatic heterocycles. The van der Waals surface area contributed by atoms with E-state index in [0.717, 1.165) is 40.4 Å². The van der Waals surface area contributed by atoms with Crippen LogP contribution in [0.1, 0.15) is 39.9 Å². The second-order valence-corrected chi connectivity index (χ2v) is 13.9. The van der Waals surface area contributed by atoms with Crippen LogP contribution in [0.25, 0.3) is 0 Å². The normalized spacial score (nSPS) is 14.8. The fourth-order valence-electron chi connectivity index (χ4n) is 5.82. The number of benzene rings is 4. The molecule has 1 heterocycles. The lowest BCUT2D eigenvalue weighted by Gasteiger charge is -2.27. The molecule has 4 aromatic rings. The Balaban J connectivity index is 1.44. The van der Waals surface area contributed by atoms with Gasteiger partial charge in [0.05, 0.1) is 35.3 Å². The molecule has 0 aliphatic carbocycles. The number of aliphatic hydroxyl groups is 1. The molecule has 4 aromatic carbocycles. The Morgan fingerprint density at radius 2 is 1.66 bits per heavy atom. The number of anilines is 3. The van der Waals surface area contributed by atoms with Crippen LogP contribution in [0.2, 0.25) is 0 Å². The first-order valence-corrected chi connectivity index (χ1v) is 17.6. The number of carbonyl (C=O) groups excluding carboxylic acids is 2. The summed E-state index contributed by atoms with van der Waals surface area (Å²) < 4.78 is 80.9. The van der Waals surface area contributed by atoms with E-state index in [-0.39, 0.29) is 54.5 Å². The van der Waals surface area contributed by atoms with Crippen molar-refractivity contribution in [3.05, 3.63) is 125 Å². The Morgan fingerprint density at radius 3 is 2.32 bits per heavy atom. The van der Waals surface area contributed by atoms with Crippen molar-refractivity contribution >= 4 is 38.9 Å². The molecule has 1 saturated heterocycles. The van der Waals surface area contributed by atoms with E-state index in [1.807, 2.05) is 18.2 Å². The van der Waals surface area contributed by atoms with Gasteiger partial charge in [0.25, 0.3) is 5.91 Å². The summed E-state index contributed by atoms with van der Waals surface area (Å²) in [7, 11) is -4.08. The van der Waals surface area contributed by atoms with Gasteiger partial charge < -0.3 is 20.6 Å². The van der Waals surface area contributed by atoms with Crippen molar-refractivity contribution in [1.82, 2.24) is 10.6 Å². The highest BCUT2D eigenvalue weighted by atomic mass is 32.2. The van der Waals surface area contributed by atoms with Gasteiger partial charge in [-0.2, -0.15) is 13.2 Å². The minimum Gasteiger partial charge on any atom is -0.390 e. The minimum absolute atomic E-state index is 0.0108. The van der Waals surface area contributed by atoms with Gasteiger partial charge in [-0.1, -0.05) is 54.6 Å². The zero-order valence-electron chi connectivity index (χ0n) is 27.0. The number of nitrogens with one attached hydrogen (secondary N) is 2. The van der Waals surface area contributed by atoms with Crippen LogP contribution in [0.5, 0.6) is 0 Å². The first-order chi connectivity index (χ1) is 23.7. The topological polar surface area (TPSA) is 119 Å². The third kappa shape index (κ3) is 9.25. The number of halogens is 4. The highest BCUT2D eigenvalue weighted by Crippen LogP contribution is 2.35. The number of sulfonamides is 1. The maximum atomic E-state index is 14.3. The average molecular weight is 713 g/mol. The molecular weight excluding hydrogens is 676 g/mol. The Kier molecular flexibility index (Phi) is 11.2. The standard InChI is InChI=1S/C36H36F4N4O5S/c1-50(48,49)44(29-13-6-12-28(37)20-29)31-19-26(18-30(21-31)43-15-7-14-34(43)46)35(47)42-32(17-24-8-3-2-4-9-24)33(45)23-41-22-25-10-5-11-27(16-25)36(38,39)40/h2-6,8-13,16,18-21,32-33,41,45H,7,14-15,17,22-23H2,1H3,(H,42,47)/t32-,33+/m0/s1. The van der Waals surface area contributed by atoms with E-state index in [0.29, 0.717) is 18.5 Å². The van der Waals surface area contributed by atoms with Crippen LogP contribution in [0.3, 0.4) is 0 Å². The van der Waals surface area contributed by atoms with Crippen LogP contribution in [0.4, 0.5) is 34.6 Å². The first-order valence-electron chi connectivity index (χ1n) is 15.8. The highest BCUT2D eigenvalue weighted by molar-refractivity contribution is 7.92. The van der Waals surface area contributed by atoms with Gasteiger partial charge in [-0.3, -0.25) is 9.59 Å². The van der Waals surface area contributed by atoms with Crippen LogP contribution in [-0.2, 0) is 34.0 Å². The SMILES string of the molecule is CS(=O)(=O)N(c1cccc(F)c1)c1cc(C(=O)N[C@@H](Cc2ccccc2)[C@H](O)CNCc2cccc(C(F)(F)F)c2)cc(N2CCCC2=O)c1. The summed E-state index contributed by atoms with van der Waals surface area (Å²) in [6.45, 7) is 0.266. The minimum atomic E-state index is -4.50. The van der Waals surface area contributed by atoms with Crippen molar-refractivity contribution in [2.45, 2.75) is 44.1 Å². The van der Waals surface area contributed by atoms with Crippen LogP contribution < -0.4 is 19.8 Å². The van der Waals surface area contributed by atoms with Crippen LogP contribution in [0, 0.1) is 5.82 Å². The number of hydrogen-bond donors (Lipinski definition) is 3. The molecule has 0 saturated carbocycles. The Bertz CT molecular complexity index is 1940. The zero-order valence-corrected chi connectivity index (χ0v) is 27.8. The van der Waals surface area contributed by atoms with Gasteiger partial charge in [-0.05, 0) is 66.4 Å². The number of carbonyl (C=O) groups is 2. The van der Waals surface area contributed by atoms with Crippen molar-refractivity contribution in [2.75, 3.05) is 28.6 Å². The monoisotopic (exact) mass is 712 g/mol. The third-order valence-corrected chi connectivity index (χ3v) is 9.26. The lowest BCUT2D eigenvalue weighted by Crippen LogP contribution is -2.48. The largest absolute Gasteiger partial charge is 0.416 e. The van der Waals surface area contributed by atoms with Gasteiger partial charge in [0, 0.05) is 37.3 Å². The van der Waals surface area contributed by atoms with E-state index in [2.05, 4.69) is 10.6 Å². The van der Waals surface area contributed by atoms with E-state index in [1.165, 1.54) is 47.4 Å². The molecule has 1 aliphatic rings. The predicted molar refractivity (Wildman–Crippen MR) is 182 cm³/mol. The maximum Gasteiger partial charge on any atom is 0.416 e. The molecule has 50 heavy (non-hydrogen) atoms. The molecule has 2 atom stereocenters. The number of nitrogens with zero attached hydrogens (tertiary/aromatic N) is 2. The van der Waals surface area contributed by atoms with Gasteiger partial charge in [-0.25, -0.2) is 17.1 Å². The average Bonchev–Trinajstić information content (AvgIpc) is 3.49. The molecule has 14 heteroatoms. The van der Waals surface area contributed by atoms with Gasteiger partial charge in [0.2, 0.25) is 15.9 Å². The Morgan fingerprint density at radius 1 is 0.940 bits per heavy atom. The van der Waals surface area contributed by atoms with Crippen molar-refractivity contribution < 1.29 is 40.7 Å². The van der Waals surface area contributed by atoms with Gasteiger partial charge in [0.1, 0.15) is 5.82 Å². The highest BCUT2D eigenvalue weighted by Gasteiger charge is 2.31. The van der Waals surface area contributed by atoms with Gasteiger partial charge in [0.15, 0.2) is 0 Å². The molecule has 9 nitrogen and oxygen atoms in total. The number of alkyl halides is 3. The summed E-state index contributed by atoms with van der Waals surface area (Å²) in [4.78, 5) is 28.1. The number of rotatable bonds is 13.